The molecular weight excluding hydrogens is 366 g/mol. The van der Waals surface area contributed by atoms with Crippen molar-refractivity contribution >= 4 is 17.8 Å². The topological polar surface area (TPSA) is 87.1 Å². The number of hydrogen-bond donors (Lipinski definition) is 1. The molecule has 2 aromatic heterocycles. The Bertz CT molecular complexity index is 847. The Labute approximate surface area is 171 Å². The van der Waals surface area contributed by atoms with E-state index in [4.69, 9.17) is 0 Å². The molecule has 1 aliphatic carbocycles. The van der Waals surface area contributed by atoms with Crippen LogP contribution in [0.25, 0.3) is 0 Å². The molecule has 2 aliphatic rings. The number of anilines is 2. The molecule has 4 rings (SSSR count). The fourth-order valence-electron chi connectivity index (χ4n) is 3.75. The van der Waals surface area contributed by atoms with Crippen LogP contribution < -0.4 is 15.1 Å². The molecule has 0 radical (unpaired) electrons. The van der Waals surface area contributed by atoms with E-state index in [9.17, 15) is 4.79 Å². The summed E-state index contributed by atoms with van der Waals surface area (Å²) in [5, 5.41) is 2.99. The summed E-state index contributed by atoms with van der Waals surface area (Å²) in [6, 6.07) is 3.49. The van der Waals surface area contributed by atoms with Crippen molar-refractivity contribution in [3.8, 4) is 0 Å². The number of carbonyl (C=O) groups is 1. The first-order chi connectivity index (χ1) is 14.3. The second-order valence-electron chi connectivity index (χ2n) is 7.38. The number of nitrogens with zero attached hydrogens (tertiary/aromatic N) is 6. The minimum Gasteiger partial charge on any atom is -0.350 e. The first-order valence-electron chi connectivity index (χ1n) is 10.4. The maximum atomic E-state index is 12.5. The molecular formula is C21H27N7O. The van der Waals surface area contributed by atoms with E-state index in [0.717, 1.165) is 45.0 Å². The Morgan fingerprint density at radius 3 is 2.41 bits per heavy atom. The largest absolute Gasteiger partial charge is 0.350 e. The molecule has 0 aromatic carbocycles. The van der Waals surface area contributed by atoms with Gasteiger partial charge in [0, 0.05) is 51.3 Å². The average Bonchev–Trinajstić information content (AvgIpc) is 2.80. The number of aromatic nitrogens is 4. The van der Waals surface area contributed by atoms with Gasteiger partial charge in [-0.3, -0.25) is 4.79 Å². The van der Waals surface area contributed by atoms with Crippen molar-refractivity contribution < 1.29 is 4.79 Å². The fraction of sp³-hybridized carbons (Fsp3) is 0.476. The van der Waals surface area contributed by atoms with Crippen molar-refractivity contribution in [3.63, 3.8) is 0 Å². The highest BCUT2D eigenvalue weighted by Gasteiger charge is 2.21. The first-order valence-corrected chi connectivity index (χ1v) is 10.4. The Kier molecular flexibility index (Phi) is 6.29. The van der Waals surface area contributed by atoms with E-state index in [-0.39, 0.29) is 5.91 Å². The molecule has 1 N–H and O–H groups in total. The van der Waals surface area contributed by atoms with E-state index in [1.165, 1.54) is 24.8 Å². The second kappa shape index (κ2) is 9.45. The maximum absolute atomic E-state index is 12.5. The van der Waals surface area contributed by atoms with E-state index in [0.29, 0.717) is 18.2 Å². The van der Waals surface area contributed by atoms with Crippen LogP contribution in [0.1, 0.15) is 42.6 Å². The number of rotatable bonds is 6. The smallest absolute Gasteiger partial charge is 0.270 e. The van der Waals surface area contributed by atoms with Crippen molar-refractivity contribution in [1.82, 2.24) is 25.3 Å². The van der Waals surface area contributed by atoms with Gasteiger partial charge in [-0.05, 0) is 44.2 Å². The monoisotopic (exact) mass is 393 g/mol. The van der Waals surface area contributed by atoms with Gasteiger partial charge < -0.3 is 15.1 Å². The Hall–Kier alpha value is -3.03. The summed E-state index contributed by atoms with van der Waals surface area (Å²) in [6.07, 6.45) is 13.3. The van der Waals surface area contributed by atoms with Gasteiger partial charge in [-0.1, -0.05) is 11.6 Å². The van der Waals surface area contributed by atoms with Crippen molar-refractivity contribution in [2.24, 2.45) is 0 Å². The van der Waals surface area contributed by atoms with E-state index in [1.54, 1.807) is 24.7 Å². The maximum Gasteiger partial charge on any atom is 0.270 e. The molecule has 8 nitrogen and oxygen atoms in total. The first kappa shape index (κ1) is 19.3. The third kappa shape index (κ3) is 5.07. The molecule has 0 saturated carbocycles. The molecule has 3 heterocycles. The van der Waals surface area contributed by atoms with Crippen LogP contribution in [0.4, 0.5) is 11.9 Å². The number of carbonyl (C=O) groups excluding carboxylic acids is 1. The predicted molar refractivity (Wildman–Crippen MR) is 112 cm³/mol. The van der Waals surface area contributed by atoms with Crippen LogP contribution in [0, 0.1) is 0 Å². The van der Waals surface area contributed by atoms with Crippen LogP contribution in [0.2, 0.25) is 0 Å². The lowest BCUT2D eigenvalue weighted by atomic mass is 9.97. The predicted octanol–water partition coefficient (Wildman–Crippen LogP) is 2.21. The van der Waals surface area contributed by atoms with Crippen LogP contribution in [-0.2, 0) is 0 Å². The number of piperazine rings is 1. The van der Waals surface area contributed by atoms with Crippen LogP contribution in [0.15, 0.2) is 42.4 Å². The van der Waals surface area contributed by atoms with Gasteiger partial charge in [-0.2, -0.15) is 0 Å². The summed E-state index contributed by atoms with van der Waals surface area (Å²) >= 11 is 0. The summed E-state index contributed by atoms with van der Waals surface area (Å²) in [6.45, 7) is 3.76. The molecule has 1 aliphatic heterocycles. The average molecular weight is 393 g/mol. The molecule has 1 amide bonds. The highest BCUT2D eigenvalue weighted by molar-refractivity contribution is 5.92. The van der Waals surface area contributed by atoms with Crippen molar-refractivity contribution in [1.29, 1.82) is 0 Å². The molecule has 8 heteroatoms. The number of hydrogen-bond acceptors (Lipinski definition) is 7. The number of allylic oxidation sites excluding steroid dienone is 1. The minimum atomic E-state index is -0.138. The van der Waals surface area contributed by atoms with Crippen LogP contribution in [0.5, 0.6) is 0 Å². The molecule has 1 fully saturated rings. The molecule has 0 spiro atoms. The van der Waals surface area contributed by atoms with Crippen LogP contribution in [-0.4, -0.2) is 58.6 Å². The summed E-state index contributed by atoms with van der Waals surface area (Å²) in [5.74, 6) is 1.21. The Balaban J connectivity index is 1.30. The van der Waals surface area contributed by atoms with Gasteiger partial charge in [-0.15, -0.1) is 0 Å². The third-order valence-corrected chi connectivity index (χ3v) is 5.39. The highest BCUT2D eigenvalue weighted by atomic mass is 16.1. The van der Waals surface area contributed by atoms with Crippen molar-refractivity contribution in [3.05, 3.63) is 48.1 Å². The summed E-state index contributed by atoms with van der Waals surface area (Å²) in [7, 11) is 0. The molecule has 152 valence electrons. The molecule has 0 bridgehead atoms. The normalized spacial score (nSPS) is 17.0. The van der Waals surface area contributed by atoms with Gasteiger partial charge in [0.25, 0.3) is 5.91 Å². The Morgan fingerprint density at radius 1 is 0.966 bits per heavy atom. The van der Waals surface area contributed by atoms with E-state index < -0.39 is 0 Å². The lowest BCUT2D eigenvalue weighted by Gasteiger charge is -2.34. The zero-order chi connectivity index (χ0) is 19.9. The van der Waals surface area contributed by atoms with E-state index in [1.807, 2.05) is 6.07 Å². The van der Waals surface area contributed by atoms with Gasteiger partial charge in [0.1, 0.15) is 5.69 Å². The number of amides is 1. The van der Waals surface area contributed by atoms with Gasteiger partial charge in [0.15, 0.2) is 0 Å². The fourth-order valence-corrected chi connectivity index (χ4v) is 3.75. The quantitative estimate of drug-likeness (QED) is 0.753. The van der Waals surface area contributed by atoms with Gasteiger partial charge in [0.2, 0.25) is 11.9 Å². The minimum absolute atomic E-state index is 0.138. The van der Waals surface area contributed by atoms with Gasteiger partial charge in [-0.25, -0.2) is 19.9 Å². The zero-order valence-electron chi connectivity index (χ0n) is 16.6. The SMILES string of the molecule is O=C(NCCC1=CCCCC1)c1ccnc(N2CCN(c3ncccn3)CC2)n1. The third-order valence-electron chi connectivity index (χ3n) is 5.39. The number of nitrogens with one attached hydrogen (secondary N) is 1. The summed E-state index contributed by atoms with van der Waals surface area (Å²) in [5.41, 5.74) is 1.88. The standard InChI is InChI=1S/C21H27N7O/c29-19(22-11-7-17-5-2-1-3-6-17)18-8-12-25-21(26-18)28-15-13-27(14-16-28)20-23-9-4-10-24-20/h4-5,8-10,12H,1-3,6-7,11,13-16H2,(H,22,29). The molecule has 1 saturated heterocycles. The molecule has 0 unspecified atom stereocenters. The van der Waals surface area contributed by atoms with Crippen molar-refractivity contribution in [2.45, 2.75) is 32.1 Å². The van der Waals surface area contributed by atoms with E-state index in [2.05, 4.69) is 41.1 Å². The molecule has 29 heavy (non-hydrogen) atoms. The van der Waals surface area contributed by atoms with Gasteiger partial charge in [0.05, 0.1) is 0 Å². The summed E-state index contributed by atoms with van der Waals surface area (Å²) < 4.78 is 0. The highest BCUT2D eigenvalue weighted by Crippen LogP contribution is 2.19. The molecule has 2 aromatic rings. The van der Waals surface area contributed by atoms with Crippen LogP contribution >= 0.6 is 0 Å². The Morgan fingerprint density at radius 2 is 1.69 bits per heavy atom. The van der Waals surface area contributed by atoms with Gasteiger partial charge >= 0.3 is 0 Å². The van der Waals surface area contributed by atoms with E-state index >= 15 is 0 Å². The lowest BCUT2D eigenvalue weighted by molar-refractivity contribution is 0.0949. The van der Waals surface area contributed by atoms with Crippen molar-refractivity contribution in [2.75, 3.05) is 42.5 Å². The lowest BCUT2D eigenvalue weighted by Crippen LogP contribution is -2.47. The van der Waals surface area contributed by atoms with Crippen LogP contribution in [0.3, 0.4) is 0 Å². The molecule has 0 atom stereocenters. The zero-order valence-corrected chi connectivity index (χ0v) is 16.6. The summed E-state index contributed by atoms with van der Waals surface area (Å²) in [4.78, 5) is 34.2. The second-order valence-corrected chi connectivity index (χ2v) is 7.38.